The van der Waals surface area contributed by atoms with Crippen LogP contribution in [-0.4, -0.2) is 25.7 Å². The van der Waals surface area contributed by atoms with Crippen LogP contribution >= 0.6 is 35.0 Å². The summed E-state index contributed by atoms with van der Waals surface area (Å²) in [5.41, 5.74) is 0.994. The second-order valence-electron chi connectivity index (χ2n) is 3.25. The fraction of sp³-hybridized carbons (Fsp3) is 0.455. The highest BCUT2D eigenvalue weighted by molar-refractivity contribution is 7.98. The van der Waals surface area contributed by atoms with Gasteiger partial charge in [0, 0.05) is 29.9 Å². The van der Waals surface area contributed by atoms with Gasteiger partial charge in [-0.05, 0) is 17.9 Å². The van der Waals surface area contributed by atoms with E-state index in [0.717, 1.165) is 24.4 Å². The molecule has 0 fully saturated rings. The van der Waals surface area contributed by atoms with Gasteiger partial charge < -0.3 is 10.1 Å². The third kappa shape index (κ3) is 4.06. The molecule has 0 bridgehead atoms. The standard InChI is InChI=1S/C11H15Cl2NOS/c1-15-11-6-9(12)8(5-10(11)13)7-14-3-4-16-2/h5-6,14H,3-4,7H2,1-2H3. The maximum absolute atomic E-state index is 6.11. The Hall–Kier alpha value is -0.0900. The monoisotopic (exact) mass is 279 g/mol. The highest BCUT2D eigenvalue weighted by Gasteiger charge is 2.07. The molecule has 0 radical (unpaired) electrons. The molecule has 1 rings (SSSR count). The fourth-order valence-corrected chi connectivity index (χ4v) is 2.09. The Morgan fingerprint density at radius 1 is 1.31 bits per heavy atom. The summed E-state index contributed by atoms with van der Waals surface area (Å²) in [6.45, 7) is 1.68. The zero-order valence-electron chi connectivity index (χ0n) is 9.35. The van der Waals surface area contributed by atoms with Crippen molar-refractivity contribution in [1.82, 2.24) is 5.32 Å². The molecule has 0 saturated heterocycles. The quantitative estimate of drug-likeness (QED) is 0.806. The van der Waals surface area contributed by atoms with Crippen molar-refractivity contribution in [2.45, 2.75) is 6.54 Å². The number of hydrogen-bond donors (Lipinski definition) is 1. The number of rotatable bonds is 6. The van der Waals surface area contributed by atoms with E-state index >= 15 is 0 Å². The SMILES string of the molecule is COc1cc(Cl)c(CNCCSC)cc1Cl. The molecule has 90 valence electrons. The van der Waals surface area contributed by atoms with Crippen molar-refractivity contribution >= 4 is 35.0 Å². The van der Waals surface area contributed by atoms with Gasteiger partial charge in [-0.2, -0.15) is 11.8 Å². The van der Waals surface area contributed by atoms with Crippen LogP contribution in [0.5, 0.6) is 5.75 Å². The largest absolute Gasteiger partial charge is 0.495 e. The van der Waals surface area contributed by atoms with E-state index in [-0.39, 0.29) is 0 Å². The van der Waals surface area contributed by atoms with E-state index in [1.54, 1.807) is 13.2 Å². The highest BCUT2D eigenvalue weighted by Crippen LogP contribution is 2.30. The predicted molar refractivity (Wildman–Crippen MR) is 73.1 cm³/mol. The summed E-state index contributed by atoms with van der Waals surface area (Å²) in [5, 5.41) is 4.57. The first-order chi connectivity index (χ1) is 7.69. The molecule has 0 amide bonds. The van der Waals surface area contributed by atoms with Crippen LogP contribution in [0, 0.1) is 0 Å². The predicted octanol–water partition coefficient (Wildman–Crippen LogP) is 3.45. The molecular formula is C11H15Cl2NOS. The minimum Gasteiger partial charge on any atom is -0.495 e. The molecule has 16 heavy (non-hydrogen) atoms. The lowest BCUT2D eigenvalue weighted by Gasteiger charge is -2.09. The third-order valence-electron chi connectivity index (χ3n) is 2.12. The van der Waals surface area contributed by atoms with Crippen LogP contribution < -0.4 is 10.1 Å². The Bertz CT molecular complexity index is 347. The van der Waals surface area contributed by atoms with Crippen LogP contribution in [0.2, 0.25) is 10.0 Å². The van der Waals surface area contributed by atoms with E-state index in [2.05, 4.69) is 11.6 Å². The first-order valence-corrected chi connectivity index (χ1v) is 7.05. The molecular weight excluding hydrogens is 265 g/mol. The summed E-state index contributed by atoms with van der Waals surface area (Å²) in [6.07, 6.45) is 2.08. The Balaban J connectivity index is 2.63. The minimum absolute atomic E-state index is 0.591. The van der Waals surface area contributed by atoms with Gasteiger partial charge in [-0.15, -0.1) is 0 Å². The van der Waals surface area contributed by atoms with Gasteiger partial charge >= 0.3 is 0 Å². The molecule has 2 nitrogen and oxygen atoms in total. The summed E-state index contributed by atoms with van der Waals surface area (Å²) in [4.78, 5) is 0. The average Bonchev–Trinajstić information content (AvgIpc) is 2.28. The molecule has 0 saturated carbocycles. The third-order valence-corrected chi connectivity index (χ3v) is 3.38. The number of hydrogen-bond acceptors (Lipinski definition) is 3. The van der Waals surface area contributed by atoms with Crippen LogP contribution in [0.15, 0.2) is 12.1 Å². The summed E-state index contributed by atoms with van der Waals surface area (Å²) in [7, 11) is 1.58. The lowest BCUT2D eigenvalue weighted by atomic mass is 10.2. The van der Waals surface area contributed by atoms with E-state index in [9.17, 15) is 0 Å². The Labute approximate surface area is 111 Å². The Kier molecular flexibility index (Phi) is 6.36. The number of benzene rings is 1. The molecule has 1 aromatic carbocycles. The molecule has 1 aromatic rings. The molecule has 0 aliphatic rings. The molecule has 0 unspecified atom stereocenters. The summed E-state index contributed by atoms with van der Waals surface area (Å²) < 4.78 is 5.08. The van der Waals surface area contributed by atoms with Crippen molar-refractivity contribution in [3.05, 3.63) is 27.7 Å². The smallest absolute Gasteiger partial charge is 0.138 e. The van der Waals surface area contributed by atoms with Gasteiger partial charge in [0.05, 0.1) is 12.1 Å². The van der Waals surface area contributed by atoms with Gasteiger partial charge in [0.1, 0.15) is 5.75 Å². The maximum Gasteiger partial charge on any atom is 0.138 e. The molecule has 0 heterocycles. The van der Waals surface area contributed by atoms with Crippen LogP contribution in [0.25, 0.3) is 0 Å². The lowest BCUT2D eigenvalue weighted by molar-refractivity contribution is 0.415. The Morgan fingerprint density at radius 3 is 2.69 bits per heavy atom. The molecule has 1 N–H and O–H groups in total. The van der Waals surface area contributed by atoms with Crippen LogP contribution in [-0.2, 0) is 6.54 Å². The van der Waals surface area contributed by atoms with Crippen LogP contribution in [0.4, 0.5) is 0 Å². The van der Waals surface area contributed by atoms with Gasteiger partial charge in [0.25, 0.3) is 0 Å². The van der Waals surface area contributed by atoms with Crippen molar-refractivity contribution in [1.29, 1.82) is 0 Å². The lowest BCUT2D eigenvalue weighted by Crippen LogP contribution is -2.16. The zero-order valence-corrected chi connectivity index (χ0v) is 11.7. The van der Waals surface area contributed by atoms with Gasteiger partial charge in [-0.25, -0.2) is 0 Å². The molecule has 0 aliphatic carbocycles. The summed E-state index contributed by atoms with van der Waals surface area (Å²) in [6, 6.07) is 3.59. The molecule has 5 heteroatoms. The fourth-order valence-electron chi connectivity index (χ4n) is 1.26. The van der Waals surface area contributed by atoms with Gasteiger partial charge in [-0.1, -0.05) is 23.2 Å². The Morgan fingerprint density at radius 2 is 2.06 bits per heavy atom. The molecule has 0 aliphatic heterocycles. The summed E-state index contributed by atoms with van der Waals surface area (Å²) >= 11 is 13.9. The van der Waals surface area contributed by atoms with Gasteiger partial charge in [0.2, 0.25) is 0 Å². The van der Waals surface area contributed by atoms with Crippen molar-refractivity contribution < 1.29 is 4.74 Å². The minimum atomic E-state index is 0.591. The normalized spacial score (nSPS) is 10.5. The van der Waals surface area contributed by atoms with Crippen molar-refractivity contribution in [3.63, 3.8) is 0 Å². The maximum atomic E-state index is 6.11. The first kappa shape index (κ1) is 14.0. The van der Waals surface area contributed by atoms with E-state index in [1.807, 2.05) is 17.8 Å². The van der Waals surface area contributed by atoms with Gasteiger partial charge in [0.15, 0.2) is 0 Å². The van der Waals surface area contributed by atoms with E-state index in [1.165, 1.54) is 0 Å². The van der Waals surface area contributed by atoms with E-state index < -0.39 is 0 Å². The molecule has 0 aromatic heterocycles. The van der Waals surface area contributed by atoms with Gasteiger partial charge in [-0.3, -0.25) is 0 Å². The average molecular weight is 280 g/mol. The van der Waals surface area contributed by atoms with Crippen molar-refractivity contribution in [2.75, 3.05) is 25.7 Å². The first-order valence-electron chi connectivity index (χ1n) is 4.90. The number of methoxy groups -OCH3 is 1. The van der Waals surface area contributed by atoms with Crippen LogP contribution in [0.3, 0.4) is 0 Å². The topological polar surface area (TPSA) is 21.3 Å². The highest BCUT2D eigenvalue weighted by atomic mass is 35.5. The molecule has 0 spiro atoms. The molecule has 0 atom stereocenters. The second kappa shape index (κ2) is 7.28. The second-order valence-corrected chi connectivity index (χ2v) is 5.05. The number of ether oxygens (including phenoxy) is 1. The number of halogens is 2. The number of thioether (sulfide) groups is 1. The van der Waals surface area contributed by atoms with Crippen molar-refractivity contribution in [2.24, 2.45) is 0 Å². The summed E-state index contributed by atoms with van der Waals surface area (Å²) in [5.74, 6) is 1.70. The van der Waals surface area contributed by atoms with E-state index in [4.69, 9.17) is 27.9 Å². The van der Waals surface area contributed by atoms with Crippen LogP contribution in [0.1, 0.15) is 5.56 Å². The van der Waals surface area contributed by atoms with E-state index in [0.29, 0.717) is 15.8 Å². The number of nitrogens with one attached hydrogen (secondary N) is 1. The zero-order chi connectivity index (χ0) is 12.0. The van der Waals surface area contributed by atoms with Crippen molar-refractivity contribution in [3.8, 4) is 5.75 Å².